The van der Waals surface area contributed by atoms with Crippen molar-refractivity contribution in [1.82, 2.24) is 9.97 Å². The summed E-state index contributed by atoms with van der Waals surface area (Å²) < 4.78 is 12.2. The van der Waals surface area contributed by atoms with Gasteiger partial charge in [-0.2, -0.15) is 9.37 Å². The Hall–Kier alpha value is -0.640. The van der Waals surface area contributed by atoms with Crippen LogP contribution in [0.1, 0.15) is 0 Å². The van der Waals surface area contributed by atoms with Crippen LogP contribution in [-0.4, -0.2) is 16.2 Å². The van der Waals surface area contributed by atoms with Crippen molar-refractivity contribution in [3.63, 3.8) is 0 Å². The highest BCUT2D eigenvalue weighted by atomic mass is 32.2. The van der Waals surface area contributed by atoms with Crippen LogP contribution in [0.2, 0.25) is 0 Å². The van der Waals surface area contributed by atoms with E-state index in [0.29, 0.717) is 5.16 Å². The molecule has 0 aliphatic rings. The molecule has 1 heterocycles. The minimum absolute atomic E-state index is 0.468. The SMILES string of the molecule is CSc1nccc(F)n1. The zero-order valence-electron chi connectivity index (χ0n) is 4.84. The lowest BCUT2D eigenvalue weighted by Crippen LogP contribution is -1.86. The number of hydrogen-bond acceptors (Lipinski definition) is 3. The summed E-state index contributed by atoms with van der Waals surface area (Å²) in [7, 11) is 0. The van der Waals surface area contributed by atoms with Gasteiger partial charge in [0.25, 0.3) is 0 Å². The standard InChI is InChI=1S/C5H5FN2S/c1-9-5-7-3-2-4(6)8-5/h2-3H,1H3. The minimum Gasteiger partial charge on any atom is -0.231 e. The molecule has 4 heteroatoms. The van der Waals surface area contributed by atoms with E-state index in [4.69, 9.17) is 0 Å². The maximum absolute atomic E-state index is 12.2. The third-order valence-corrected chi connectivity index (χ3v) is 1.34. The van der Waals surface area contributed by atoms with Crippen LogP contribution in [0, 0.1) is 5.95 Å². The van der Waals surface area contributed by atoms with Crippen molar-refractivity contribution in [1.29, 1.82) is 0 Å². The first-order valence-corrected chi connectivity index (χ1v) is 3.58. The highest BCUT2D eigenvalue weighted by Gasteiger charge is 1.92. The zero-order chi connectivity index (χ0) is 6.69. The van der Waals surface area contributed by atoms with Crippen molar-refractivity contribution >= 4 is 11.8 Å². The van der Waals surface area contributed by atoms with Gasteiger partial charge < -0.3 is 0 Å². The molecule has 48 valence electrons. The Morgan fingerprint density at radius 1 is 1.67 bits per heavy atom. The Balaban J connectivity index is 2.94. The molecule has 0 fully saturated rings. The predicted octanol–water partition coefficient (Wildman–Crippen LogP) is 1.34. The van der Waals surface area contributed by atoms with Crippen LogP contribution in [0.25, 0.3) is 0 Å². The normalized spacial score (nSPS) is 9.56. The monoisotopic (exact) mass is 144 g/mol. The van der Waals surface area contributed by atoms with Gasteiger partial charge in [-0.25, -0.2) is 4.98 Å². The summed E-state index contributed by atoms with van der Waals surface area (Å²) in [6.07, 6.45) is 3.20. The van der Waals surface area contributed by atoms with E-state index >= 15 is 0 Å². The summed E-state index contributed by atoms with van der Waals surface area (Å²) in [6.45, 7) is 0. The molecule has 1 rings (SSSR count). The largest absolute Gasteiger partial charge is 0.231 e. The molecular formula is C5H5FN2S. The lowest BCUT2D eigenvalue weighted by molar-refractivity contribution is 0.563. The van der Waals surface area contributed by atoms with Gasteiger partial charge in [-0.05, 0) is 6.26 Å². The van der Waals surface area contributed by atoms with Crippen molar-refractivity contribution in [2.45, 2.75) is 5.16 Å². The Labute approximate surface area is 56.5 Å². The first-order valence-electron chi connectivity index (χ1n) is 2.35. The number of hydrogen-bond donors (Lipinski definition) is 0. The van der Waals surface area contributed by atoms with E-state index in [0.717, 1.165) is 0 Å². The number of nitrogens with zero attached hydrogens (tertiary/aromatic N) is 2. The average molecular weight is 144 g/mol. The third-order valence-electron chi connectivity index (χ3n) is 0.782. The summed E-state index contributed by atoms with van der Waals surface area (Å²) in [5, 5.41) is 0.468. The molecule has 0 saturated heterocycles. The Bertz CT molecular complexity index is 204. The zero-order valence-corrected chi connectivity index (χ0v) is 5.65. The van der Waals surface area contributed by atoms with Gasteiger partial charge in [0.05, 0.1) is 0 Å². The molecule has 1 aromatic rings. The van der Waals surface area contributed by atoms with Crippen LogP contribution in [0.3, 0.4) is 0 Å². The van der Waals surface area contributed by atoms with Gasteiger partial charge in [0.2, 0.25) is 5.95 Å². The van der Waals surface area contributed by atoms with Crippen LogP contribution in [-0.2, 0) is 0 Å². The number of thioether (sulfide) groups is 1. The van der Waals surface area contributed by atoms with Crippen LogP contribution in [0.4, 0.5) is 4.39 Å². The minimum atomic E-state index is -0.477. The molecule has 2 nitrogen and oxygen atoms in total. The lowest BCUT2D eigenvalue weighted by atomic mass is 10.7. The second kappa shape index (κ2) is 2.77. The first-order chi connectivity index (χ1) is 4.33. The van der Waals surface area contributed by atoms with E-state index in [-0.39, 0.29) is 0 Å². The second-order valence-corrected chi connectivity index (χ2v) is 2.14. The van der Waals surface area contributed by atoms with Gasteiger partial charge in [-0.1, -0.05) is 11.8 Å². The number of rotatable bonds is 1. The third kappa shape index (κ3) is 1.64. The Morgan fingerprint density at radius 2 is 2.44 bits per heavy atom. The van der Waals surface area contributed by atoms with E-state index in [1.165, 1.54) is 24.0 Å². The maximum atomic E-state index is 12.2. The summed E-state index contributed by atoms with van der Waals surface area (Å²) in [6, 6.07) is 1.22. The highest BCUT2D eigenvalue weighted by molar-refractivity contribution is 7.98. The molecule has 0 bridgehead atoms. The molecule has 0 spiro atoms. The molecule has 9 heavy (non-hydrogen) atoms. The molecule has 0 atom stereocenters. The molecule has 1 aromatic heterocycles. The Kier molecular flexibility index (Phi) is 2.00. The molecule has 0 radical (unpaired) electrons. The molecule has 0 unspecified atom stereocenters. The fourth-order valence-corrected chi connectivity index (χ4v) is 0.763. The van der Waals surface area contributed by atoms with Crippen LogP contribution in [0.5, 0.6) is 0 Å². The average Bonchev–Trinajstić information content (AvgIpc) is 1.88. The smallest absolute Gasteiger partial charge is 0.216 e. The van der Waals surface area contributed by atoms with Crippen molar-refractivity contribution in [3.05, 3.63) is 18.2 Å². The van der Waals surface area contributed by atoms with Crippen molar-refractivity contribution in [2.24, 2.45) is 0 Å². The second-order valence-electron chi connectivity index (χ2n) is 1.37. The molecule has 0 amide bonds. The van der Waals surface area contributed by atoms with Gasteiger partial charge in [0, 0.05) is 12.3 Å². The van der Waals surface area contributed by atoms with E-state index in [1.807, 2.05) is 0 Å². The summed E-state index contributed by atoms with van der Waals surface area (Å²) in [5.74, 6) is -0.477. The summed E-state index contributed by atoms with van der Waals surface area (Å²) >= 11 is 1.32. The van der Waals surface area contributed by atoms with Gasteiger partial charge in [0.15, 0.2) is 5.16 Å². The van der Waals surface area contributed by atoms with Gasteiger partial charge >= 0.3 is 0 Å². The maximum Gasteiger partial charge on any atom is 0.216 e. The van der Waals surface area contributed by atoms with Gasteiger partial charge in [0.1, 0.15) is 0 Å². The number of halogens is 1. The van der Waals surface area contributed by atoms with E-state index in [9.17, 15) is 4.39 Å². The van der Waals surface area contributed by atoms with Crippen molar-refractivity contribution in [3.8, 4) is 0 Å². The van der Waals surface area contributed by atoms with Crippen LogP contribution in [0.15, 0.2) is 17.4 Å². The van der Waals surface area contributed by atoms with Crippen molar-refractivity contribution < 1.29 is 4.39 Å². The van der Waals surface area contributed by atoms with E-state index < -0.39 is 5.95 Å². The molecule has 0 aliphatic carbocycles. The van der Waals surface area contributed by atoms with Gasteiger partial charge in [-0.15, -0.1) is 0 Å². The Morgan fingerprint density at radius 3 is 2.89 bits per heavy atom. The topological polar surface area (TPSA) is 25.8 Å². The quantitative estimate of drug-likeness (QED) is 0.338. The first kappa shape index (κ1) is 6.48. The summed E-state index contributed by atoms with van der Waals surface area (Å²) in [5.41, 5.74) is 0. The van der Waals surface area contributed by atoms with E-state index in [1.54, 1.807) is 6.26 Å². The molecular weight excluding hydrogens is 139 g/mol. The lowest BCUT2D eigenvalue weighted by Gasteiger charge is -1.90. The van der Waals surface area contributed by atoms with Crippen LogP contribution >= 0.6 is 11.8 Å². The predicted molar refractivity (Wildman–Crippen MR) is 33.8 cm³/mol. The van der Waals surface area contributed by atoms with Crippen molar-refractivity contribution in [2.75, 3.05) is 6.26 Å². The molecule has 0 aliphatic heterocycles. The fourth-order valence-electron chi connectivity index (χ4n) is 0.418. The fraction of sp³-hybridized carbons (Fsp3) is 0.200. The molecule has 0 aromatic carbocycles. The number of aromatic nitrogens is 2. The molecule has 0 N–H and O–H groups in total. The van der Waals surface area contributed by atoms with E-state index in [2.05, 4.69) is 9.97 Å². The highest BCUT2D eigenvalue weighted by Crippen LogP contribution is 2.05. The molecule has 0 saturated carbocycles. The summed E-state index contributed by atoms with van der Waals surface area (Å²) in [4.78, 5) is 7.25. The van der Waals surface area contributed by atoms with Gasteiger partial charge in [-0.3, -0.25) is 0 Å². The van der Waals surface area contributed by atoms with Crippen LogP contribution < -0.4 is 0 Å².